The van der Waals surface area contributed by atoms with E-state index in [0.717, 1.165) is 48.7 Å². The van der Waals surface area contributed by atoms with Crippen molar-refractivity contribution in [2.45, 2.75) is 6.54 Å². The highest BCUT2D eigenvalue weighted by molar-refractivity contribution is 6.05. The Balaban J connectivity index is 1.43. The van der Waals surface area contributed by atoms with Crippen LogP contribution in [0.15, 0.2) is 49.1 Å². The van der Waals surface area contributed by atoms with Crippen LogP contribution < -0.4 is 20.9 Å². The maximum atomic E-state index is 12.5. The second kappa shape index (κ2) is 7.48. The summed E-state index contributed by atoms with van der Waals surface area (Å²) in [6.07, 6.45) is 7.04. The predicted molar refractivity (Wildman–Crippen MR) is 111 cm³/mol. The molecule has 2 aliphatic rings. The molecule has 0 saturated carbocycles. The second-order valence-electron chi connectivity index (χ2n) is 7.06. The maximum absolute atomic E-state index is 12.5. The van der Waals surface area contributed by atoms with Gasteiger partial charge in [-0.1, -0.05) is 0 Å². The summed E-state index contributed by atoms with van der Waals surface area (Å²) in [6, 6.07) is 7.80. The van der Waals surface area contributed by atoms with Crippen LogP contribution in [0.3, 0.4) is 0 Å². The van der Waals surface area contributed by atoms with Crippen LogP contribution >= 0.6 is 0 Å². The molecule has 5 rings (SSSR count). The number of aromatic nitrogens is 3. The first kappa shape index (κ1) is 17.6. The summed E-state index contributed by atoms with van der Waals surface area (Å²) in [6.45, 7) is 4.37. The number of rotatable bonds is 4. The van der Waals surface area contributed by atoms with Crippen LogP contribution in [-0.2, 0) is 6.54 Å². The Morgan fingerprint density at radius 3 is 2.69 bits per heavy atom. The number of nitrogens with one attached hydrogen (secondary N) is 3. The van der Waals surface area contributed by atoms with E-state index >= 15 is 0 Å². The van der Waals surface area contributed by atoms with Gasteiger partial charge in [0.05, 0.1) is 35.0 Å². The van der Waals surface area contributed by atoms with Crippen molar-refractivity contribution >= 4 is 23.1 Å². The minimum absolute atomic E-state index is 0.104. The average Bonchev–Trinajstić information content (AvgIpc) is 3.18. The average molecular weight is 387 g/mol. The monoisotopic (exact) mass is 387 g/mol. The first-order valence-electron chi connectivity index (χ1n) is 9.69. The van der Waals surface area contributed by atoms with Gasteiger partial charge in [-0.25, -0.2) is 4.98 Å². The lowest BCUT2D eigenvalue weighted by atomic mass is 10.0. The lowest BCUT2D eigenvalue weighted by Gasteiger charge is -2.29. The molecule has 3 N–H and O–H groups in total. The number of hydrogen-bond acceptors (Lipinski definition) is 7. The Morgan fingerprint density at radius 1 is 1.03 bits per heavy atom. The van der Waals surface area contributed by atoms with Crippen LogP contribution in [0.5, 0.6) is 0 Å². The zero-order chi connectivity index (χ0) is 19.6. The molecular weight excluding hydrogens is 366 g/mol. The van der Waals surface area contributed by atoms with Crippen molar-refractivity contribution in [1.29, 1.82) is 0 Å². The van der Waals surface area contributed by atoms with Crippen LogP contribution in [0.4, 0.5) is 17.2 Å². The SMILES string of the molecule is O=C1NCc2c(-c3cccnc3)ncc(Nc3ccc(N4CCNCC4)cn3)c21. The van der Waals surface area contributed by atoms with Crippen molar-refractivity contribution in [3.05, 3.63) is 60.2 Å². The number of carbonyl (C=O) groups is 1. The van der Waals surface area contributed by atoms with E-state index in [0.29, 0.717) is 23.6 Å². The summed E-state index contributed by atoms with van der Waals surface area (Å²) in [4.78, 5) is 28.1. The van der Waals surface area contributed by atoms with Crippen molar-refractivity contribution in [2.75, 3.05) is 36.4 Å². The van der Waals surface area contributed by atoms with Gasteiger partial charge >= 0.3 is 0 Å². The number of hydrogen-bond donors (Lipinski definition) is 3. The molecule has 0 bridgehead atoms. The highest BCUT2D eigenvalue weighted by atomic mass is 16.1. The summed E-state index contributed by atoms with van der Waals surface area (Å²) in [5.41, 5.74) is 4.93. The molecule has 29 heavy (non-hydrogen) atoms. The molecule has 0 unspecified atom stereocenters. The highest BCUT2D eigenvalue weighted by Gasteiger charge is 2.27. The van der Waals surface area contributed by atoms with Crippen LogP contribution in [0.1, 0.15) is 15.9 Å². The van der Waals surface area contributed by atoms with Gasteiger partial charge in [0.15, 0.2) is 0 Å². The topological polar surface area (TPSA) is 95.1 Å². The molecule has 2 aliphatic heterocycles. The number of piperazine rings is 1. The number of pyridine rings is 3. The molecule has 3 aromatic heterocycles. The maximum Gasteiger partial charge on any atom is 0.254 e. The van der Waals surface area contributed by atoms with E-state index in [2.05, 4.69) is 41.9 Å². The molecular formula is C21H21N7O. The van der Waals surface area contributed by atoms with Gasteiger partial charge in [-0.2, -0.15) is 0 Å². The van der Waals surface area contributed by atoms with Gasteiger partial charge in [-0.3, -0.25) is 14.8 Å². The van der Waals surface area contributed by atoms with Crippen LogP contribution in [0.25, 0.3) is 11.3 Å². The number of anilines is 3. The van der Waals surface area contributed by atoms with Gasteiger partial charge in [-0.15, -0.1) is 0 Å². The second-order valence-corrected chi connectivity index (χ2v) is 7.06. The molecule has 1 amide bonds. The quantitative estimate of drug-likeness (QED) is 0.630. The van der Waals surface area contributed by atoms with E-state index in [1.54, 1.807) is 18.6 Å². The van der Waals surface area contributed by atoms with Crippen molar-refractivity contribution in [1.82, 2.24) is 25.6 Å². The minimum atomic E-state index is -0.104. The minimum Gasteiger partial charge on any atom is -0.368 e. The van der Waals surface area contributed by atoms with Crippen molar-refractivity contribution in [3.63, 3.8) is 0 Å². The Bertz CT molecular complexity index is 1030. The Morgan fingerprint density at radius 2 is 1.93 bits per heavy atom. The Hall–Kier alpha value is -3.52. The van der Waals surface area contributed by atoms with E-state index in [4.69, 9.17) is 0 Å². The Kier molecular flexibility index (Phi) is 4.53. The fourth-order valence-corrected chi connectivity index (χ4v) is 3.80. The summed E-state index contributed by atoms with van der Waals surface area (Å²) in [5, 5.41) is 9.51. The molecule has 5 heterocycles. The number of nitrogens with zero attached hydrogens (tertiary/aromatic N) is 4. The largest absolute Gasteiger partial charge is 0.368 e. The highest BCUT2D eigenvalue weighted by Crippen LogP contribution is 2.32. The van der Waals surface area contributed by atoms with Crippen LogP contribution in [0.2, 0.25) is 0 Å². The molecule has 3 aromatic rings. The molecule has 0 spiro atoms. The van der Waals surface area contributed by atoms with Gasteiger partial charge in [0.1, 0.15) is 5.82 Å². The van der Waals surface area contributed by atoms with E-state index in [1.165, 1.54) is 0 Å². The summed E-state index contributed by atoms with van der Waals surface area (Å²) < 4.78 is 0. The van der Waals surface area contributed by atoms with Crippen LogP contribution in [0, 0.1) is 0 Å². The number of amides is 1. The standard InChI is InChI=1S/C21H21N7O/c29-21-19-16(12-26-21)20(14-2-1-5-23-10-14)25-13-17(19)27-18-4-3-15(11-24-18)28-8-6-22-7-9-28/h1-5,10-11,13,22H,6-9,12H2,(H,24,27)(H,26,29). The molecule has 0 aromatic carbocycles. The van der Waals surface area contributed by atoms with Gasteiger partial charge in [-0.05, 0) is 24.3 Å². The van der Waals surface area contributed by atoms with Crippen molar-refractivity contribution in [2.24, 2.45) is 0 Å². The summed E-state index contributed by atoms with van der Waals surface area (Å²) >= 11 is 0. The third-order valence-electron chi connectivity index (χ3n) is 5.26. The fraction of sp³-hybridized carbons (Fsp3) is 0.238. The summed E-state index contributed by atoms with van der Waals surface area (Å²) in [7, 11) is 0. The first-order valence-corrected chi connectivity index (χ1v) is 9.69. The van der Waals surface area contributed by atoms with Gasteiger partial charge in [0, 0.05) is 56.2 Å². The smallest absolute Gasteiger partial charge is 0.254 e. The predicted octanol–water partition coefficient (Wildman–Crippen LogP) is 1.94. The summed E-state index contributed by atoms with van der Waals surface area (Å²) in [5.74, 6) is 0.578. The van der Waals surface area contributed by atoms with Gasteiger partial charge in [0.25, 0.3) is 5.91 Å². The molecule has 0 aliphatic carbocycles. The lowest BCUT2D eigenvalue weighted by Crippen LogP contribution is -2.43. The molecule has 1 fully saturated rings. The molecule has 146 valence electrons. The first-order chi connectivity index (χ1) is 14.3. The number of carbonyl (C=O) groups excluding carboxylic acids is 1. The van der Waals surface area contributed by atoms with E-state index in [1.807, 2.05) is 24.4 Å². The number of fused-ring (bicyclic) bond motifs is 1. The fourth-order valence-electron chi connectivity index (χ4n) is 3.80. The molecule has 0 radical (unpaired) electrons. The third kappa shape index (κ3) is 3.38. The molecule has 8 nitrogen and oxygen atoms in total. The molecule has 8 heteroatoms. The Labute approximate surface area is 168 Å². The van der Waals surface area contributed by atoms with E-state index in [9.17, 15) is 4.79 Å². The van der Waals surface area contributed by atoms with Crippen molar-refractivity contribution in [3.8, 4) is 11.3 Å². The molecule has 0 atom stereocenters. The lowest BCUT2D eigenvalue weighted by molar-refractivity contribution is 0.0966. The normalized spacial score (nSPS) is 15.7. The van der Waals surface area contributed by atoms with E-state index < -0.39 is 0 Å². The van der Waals surface area contributed by atoms with Crippen molar-refractivity contribution < 1.29 is 4.79 Å². The van der Waals surface area contributed by atoms with Crippen LogP contribution in [-0.4, -0.2) is 47.0 Å². The van der Waals surface area contributed by atoms with E-state index in [-0.39, 0.29) is 5.91 Å². The zero-order valence-corrected chi connectivity index (χ0v) is 15.9. The molecule has 1 saturated heterocycles. The van der Waals surface area contributed by atoms with Gasteiger partial charge < -0.3 is 20.9 Å². The third-order valence-corrected chi connectivity index (χ3v) is 5.26. The zero-order valence-electron chi connectivity index (χ0n) is 15.9. The van der Waals surface area contributed by atoms with Gasteiger partial charge in [0.2, 0.25) is 0 Å².